The number of amides is 1. The number of halogens is 8. The number of fused-ring (bicyclic) bond motifs is 1. The number of ketones is 1. The van der Waals surface area contributed by atoms with Crippen LogP contribution in [0.15, 0.2) is 46.9 Å². The van der Waals surface area contributed by atoms with Gasteiger partial charge in [0.15, 0.2) is 5.78 Å². The lowest BCUT2D eigenvalue weighted by Crippen LogP contribution is -2.17. The summed E-state index contributed by atoms with van der Waals surface area (Å²) in [5.74, 6) is -3.90. The quantitative estimate of drug-likeness (QED) is 0.138. The van der Waals surface area contributed by atoms with Crippen LogP contribution in [-0.2, 0) is 13.2 Å². The summed E-state index contributed by atoms with van der Waals surface area (Å²) < 4.78 is 69.5. The van der Waals surface area contributed by atoms with Crippen molar-refractivity contribution in [2.45, 2.75) is 6.18 Å². The number of nitrogens with zero attached hydrogens (tertiary/aromatic N) is 2. The molecular formula is C23H11BrClF5IN3O2. The molecule has 5 nitrogen and oxygen atoms in total. The summed E-state index contributed by atoms with van der Waals surface area (Å²) in [6.45, 7) is 0. The molecule has 0 spiro atoms. The third kappa shape index (κ3) is 4.98. The van der Waals surface area contributed by atoms with Crippen LogP contribution in [-0.4, -0.2) is 21.5 Å². The molecule has 3 aromatic carbocycles. The summed E-state index contributed by atoms with van der Waals surface area (Å²) >= 11 is 11.4. The van der Waals surface area contributed by atoms with Crippen LogP contribution in [0.5, 0.6) is 0 Å². The van der Waals surface area contributed by atoms with E-state index in [1.807, 2.05) is 22.6 Å². The maximum Gasteiger partial charge on any atom is 0.416 e. The van der Waals surface area contributed by atoms with Crippen LogP contribution in [0, 0.1) is 15.3 Å². The average molecular weight is 699 g/mol. The Bertz CT molecular complexity index is 1570. The van der Waals surface area contributed by atoms with Gasteiger partial charge in [0.1, 0.15) is 20.9 Å². The SMILES string of the molecule is Cn1nc2c(Br)c(C(=O)c3cc(F)ccc3Cl)c(NC(=O)c3cc(F)cc(C(F)(F)F)c3)cc2c1I. The van der Waals surface area contributed by atoms with Crippen LogP contribution < -0.4 is 5.32 Å². The minimum absolute atomic E-state index is 0.0683. The number of hydrogen-bond acceptors (Lipinski definition) is 3. The lowest BCUT2D eigenvalue weighted by Gasteiger charge is -2.15. The number of anilines is 1. The largest absolute Gasteiger partial charge is 0.416 e. The molecule has 4 aromatic rings. The van der Waals surface area contributed by atoms with Gasteiger partial charge < -0.3 is 5.32 Å². The van der Waals surface area contributed by atoms with E-state index in [4.69, 9.17) is 11.6 Å². The topological polar surface area (TPSA) is 64.0 Å². The maximum atomic E-state index is 13.9. The molecule has 0 saturated carbocycles. The van der Waals surface area contributed by atoms with Gasteiger partial charge in [0.2, 0.25) is 0 Å². The maximum absolute atomic E-state index is 13.9. The fraction of sp³-hybridized carbons (Fsp3) is 0.0870. The highest BCUT2D eigenvalue weighted by Gasteiger charge is 2.32. The van der Waals surface area contributed by atoms with Gasteiger partial charge in [-0.15, -0.1) is 0 Å². The van der Waals surface area contributed by atoms with E-state index in [2.05, 4.69) is 26.3 Å². The Morgan fingerprint density at radius 2 is 1.78 bits per heavy atom. The molecule has 0 aliphatic heterocycles. The summed E-state index contributed by atoms with van der Waals surface area (Å²) in [6.07, 6.45) is -4.89. The van der Waals surface area contributed by atoms with E-state index in [1.54, 1.807) is 7.05 Å². The predicted molar refractivity (Wildman–Crippen MR) is 135 cm³/mol. The minimum atomic E-state index is -4.89. The number of hydrogen-bond donors (Lipinski definition) is 1. The molecule has 0 bridgehead atoms. The summed E-state index contributed by atoms with van der Waals surface area (Å²) in [5.41, 5.74) is -2.17. The standard InChI is InChI=1S/C23H11BrClF5IN3O2/c1-34-21(31)14-8-16(32-22(36)9-4-10(23(28,29)30)6-12(27)5-9)17(18(24)19(14)33-34)20(35)13-7-11(26)2-3-15(13)25/h2-8H,1H3,(H,32,36). The Morgan fingerprint density at radius 3 is 2.44 bits per heavy atom. The van der Waals surface area contributed by atoms with Crippen LogP contribution in [0.3, 0.4) is 0 Å². The highest BCUT2D eigenvalue weighted by atomic mass is 127. The number of rotatable bonds is 4. The molecule has 1 aromatic heterocycles. The van der Waals surface area contributed by atoms with E-state index in [0.717, 1.165) is 12.1 Å². The first-order chi connectivity index (χ1) is 16.8. The third-order valence-electron chi connectivity index (χ3n) is 5.13. The summed E-state index contributed by atoms with van der Waals surface area (Å²) in [5, 5.41) is 7.15. The van der Waals surface area contributed by atoms with Gasteiger partial charge in [0, 0.05) is 23.6 Å². The molecule has 0 saturated heterocycles. The molecule has 1 amide bonds. The van der Waals surface area contributed by atoms with E-state index in [9.17, 15) is 31.5 Å². The van der Waals surface area contributed by atoms with Crippen molar-refractivity contribution < 1.29 is 31.5 Å². The number of nitrogens with one attached hydrogen (secondary N) is 1. The number of aryl methyl sites for hydroxylation is 1. The summed E-state index contributed by atoms with van der Waals surface area (Å²) in [4.78, 5) is 26.4. The van der Waals surface area contributed by atoms with E-state index < -0.39 is 40.6 Å². The number of benzene rings is 3. The molecule has 0 fully saturated rings. The van der Waals surface area contributed by atoms with Crippen LogP contribution in [0.25, 0.3) is 10.9 Å². The van der Waals surface area contributed by atoms with Gasteiger partial charge in [-0.05, 0) is 81.0 Å². The van der Waals surface area contributed by atoms with Crippen LogP contribution in [0.1, 0.15) is 31.8 Å². The van der Waals surface area contributed by atoms with E-state index >= 15 is 0 Å². The first kappa shape index (κ1) is 26.5. The normalized spacial score (nSPS) is 11.7. The van der Waals surface area contributed by atoms with Crippen LogP contribution >= 0.6 is 50.1 Å². The fourth-order valence-electron chi connectivity index (χ4n) is 3.47. The third-order valence-corrected chi connectivity index (χ3v) is 7.51. The Labute approximate surface area is 226 Å². The Kier molecular flexibility index (Phi) is 7.14. The summed E-state index contributed by atoms with van der Waals surface area (Å²) in [6, 6.07) is 5.95. The Morgan fingerprint density at radius 1 is 1.08 bits per heavy atom. The van der Waals surface area contributed by atoms with E-state index in [0.29, 0.717) is 26.7 Å². The number of carbonyl (C=O) groups excluding carboxylic acids is 2. The van der Waals surface area contributed by atoms with Crippen LogP contribution in [0.2, 0.25) is 5.02 Å². The molecule has 0 atom stereocenters. The molecule has 0 aliphatic rings. The highest BCUT2D eigenvalue weighted by molar-refractivity contribution is 14.1. The molecule has 0 aliphatic carbocycles. The van der Waals surface area contributed by atoms with Crippen molar-refractivity contribution in [3.63, 3.8) is 0 Å². The van der Waals surface area contributed by atoms with Gasteiger partial charge in [-0.1, -0.05) is 11.6 Å². The van der Waals surface area contributed by atoms with Gasteiger partial charge >= 0.3 is 6.18 Å². The van der Waals surface area contributed by atoms with Crippen molar-refractivity contribution >= 4 is 78.4 Å². The highest BCUT2D eigenvalue weighted by Crippen LogP contribution is 2.38. The predicted octanol–water partition coefficient (Wildman–Crippen LogP) is 7.37. The van der Waals surface area contributed by atoms with Gasteiger partial charge in [-0.25, -0.2) is 8.78 Å². The first-order valence-electron chi connectivity index (χ1n) is 9.81. The van der Waals surface area contributed by atoms with E-state index in [1.165, 1.54) is 16.8 Å². The second-order valence-corrected chi connectivity index (χ2v) is 9.78. The monoisotopic (exact) mass is 697 g/mol. The number of aromatic nitrogens is 2. The molecule has 4 rings (SSSR count). The molecule has 0 radical (unpaired) electrons. The number of carbonyl (C=O) groups is 2. The van der Waals surface area contributed by atoms with Gasteiger partial charge in [-0.3, -0.25) is 14.3 Å². The summed E-state index contributed by atoms with van der Waals surface area (Å²) in [7, 11) is 1.64. The molecule has 186 valence electrons. The Hall–Kier alpha value is -2.58. The molecular weight excluding hydrogens is 688 g/mol. The van der Waals surface area contributed by atoms with Crippen molar-refractivity contribution in [2.75, 3.05) is 5.32 Å². The Balaban J connectivity index is 1.90. The average Bonchev–Trinajstić information content (AvgIpc) is 3.08. The fourth-order valence-corrected chi connectivity index (χ4v) is 4.88. The number of alkyl halides is 3. The van der Waals surface area contributed by atoms with Crippen molar-refractivity contribution in [1.29, 1.82) is 0 Å². The van der Waals surface area contributed by atoms with Crippen molar-refractivity contribution in [3.8, 4) is 0 Å². The second kappa shape index (κ2) is 9.71. The van der Waals surface area contributed by atoms with Gasteiger partial charge in [0.25, 0.3) is 5.91 Å². The molecule has 13 heteroatoms. The van der Waals surface area contributed by atoms with Crippen molar-refractivity contribution in [1.82, 2.24) is 9.78 Å². The van der Waals surface area contributed by atoms with Gasteiger partial charge in [-0.2, -0.15) is 18.3 Å². The molecule has 36 heavy (non-hydrogen) atoms. The van der Waals surface area contributed by atoms with E-state index in [-0.39, 0.29) is 32.4 Å². The van der Waals surface area contributed by atoms with Gasteiger partial charge in [0.05, 0.1) is 26.3 Å². The zero-order chi connectivity index (χ0) is 26.5. The van der Waals surface area contributed by atoms with Crippen molar-refractivity contribution in [2.24, 2.45) is 7.05 Å². The zero-order valence-corrected chi connectivity index (χ0v) is 22.3. The van der Waals surface area contributed by atoms with Crippen LogP contribution in [0.4, 0.5) is 27.6 Å². The second-order valence-electron chi connectivity index (χ2n) is 7.56. The molecule has 1 N–H and O–H groups in total. The first-order valence-corrected chi connectivity index (χ1v) is 12.1. The lowest BCUT2D eigenvalue weighted by atomic mass is 9.99. The molecule has 1 heterocycles. The lowest BCUT2D eigenvalue weighted by molar-refractivity contribution is -0.137. The minimum Gasteiger partial charge on any atom is -0.321 e. The molecule has 0 unspecified atom stereocenters. The van der Waals surface area contributed by atoms with Crippen molar-refractivity contribution in [3.05, 3.63) is 89.5 Å². The zero-order valence-electron chi connectivity index (χ0n) is 17.8. The smallest absolute Gasteiger partial charge is 0.321 e.